The molecule has 0 fully saturated rings. The summed E-state index contributed by atoms with van der Waals surface area (Å²) in [5.41, 5.74) is 1.14. The second-order valence-corrected chi connectivity index (χ2v) is 4.72. The zero-order chi connectivity index (χ0) is 13.5. The molecule has 1 N–H and O–H groups in total. The van der Waals surface area contributed by atoms with Gasteiger partial charge in [0, 0.05) is 17.1 Å². The van der Waals surface area contributed by atoms with Gasteiger partial charge in [-0.25, -0.2) is 0 Å². The Balaban J connectivity index is 1.88. The number of benzene rings is 1. The van der Waals surface area contributed by atoms with Gasteiger partial charge in [0.1, 0.15) is 18.1 Å². The van der Waals surface area contributed by atoms with E-state index in [1.165, 1.54) is 0 Å². The van der Waals surface area contributed by atoms with Crippen molar-refractivity contribution >= 4 is 11.6 Å². The van der Waals surface area contributed by atoms with E-state index in [2.05, 4.69) is 12.2 Å². The highest BCUT2D eigenvalue weighted by molar-refractivity contribution is 6.30. The minimum atomic E-state index is 0.428. The minimum Gasteiger partial charge on any atom is -0.486 e. The van der Waals surface area contributed by atoms with Crippen LogP contribution >= 0.6 is 11.6 Å². The van der Waals surface area contributed by atoms with Gasteiger partial charge in [-0.1, -0.05) is 18.5 Å². The van der Waals surface area contributed by atoms with Gasteiger partial charge in [0.2, 0.25) is 0 Å². The van der Waals surface area contributed by atoms with E-state index >= 15 is 0 Å². The summed E-state index contributed by atoms with van der Waals surface area (Å²) in [6, 6.07) is 9.29. The third-order valence-electron chi connectivity index (χ3n) is 2.76. The fraction of sp³-hybridized carbons (Fsp3) is 0.333. The molecule has 0 aliphatic heterocycles. The summed E-state index contributed by atoms with van der Waals surface area (Å²) in [5, 5.41) is 4.05. The molecule has 3 nitrogen and oxygen atoms in total. The molecule has 0 unspecified atom stereocenters. The first-order chi connectivity index (χ1) is 9.29. The van der Waals surface area contributed by atoms with Gasteiger partial charge in [-0.15, -0.1) is 0 Å². The average molecular weight is 280 g/mol. The summed E-state index contributed by atoms with van der Waals surface area (Å²) < 4.78 is 11.1. The van der Waals surface area contributed by atoms with Crippen molar-refractivity contribution in [2.24, 2.45) is 0 Å². The van der Waals surface area contributed by atoms with Crippen LogP contribution in [-0.2, 0) is 13.2 Å². The molecule has 0 aliphatic carbocycles. The molecule has 0 spiro atoms. The van der Waals surface area contributed by atoms with Crippen LogP contribution in [0.1, 0.15) is 24.7 Å². The standard InChI is InChI=1S/C15H18ClNO2/c1-2-8-17-10-12-7-9-18-15(12)11-19-14-5-3-13(16)4-6-14/h3-7,9,17H,2,8,10-11H2,1H3. The summed E-state index contributed by atoms with van der Waals surface area (Å²) >= 11 is 5.83. The first-order valence-electron chi connectivity index (χ1n) is 6.44. The monoisotopic (exact) mass is 279 g/mol. The van der Waals surface area contributed by atoms with Gasteiger partial charge in [-0.05, 0) is 43.3 Å². The first kappa shape index (κ1) is 14.0. The molecule has 0 aliphatic rings. The molecule has 0 saturated carbocycles. The topological polar surface area (TPSA) is 34.4 Å². The van der Waals surface area contributed by atoms with Gasteiger partial charge in [0.25, 0.3) is 0 Å². The number of hydrogen-bond donors (Lipinski definition) is 1. The molecule has 0 atom stereocenters. The summed E-state index contributed by atoms with van der Waals surface area (Å²) in [6.07, 6.45) is 2.82. The second-order valence-electron chi connectivity index (χ2n) is 4.29. The van der Waals surface area contributed by atoms with Crippen molar-refractivity contribution in [3.63, 3.8) is 0 Å². The van der Waals surface area contributed by atoms with Crippen molar-refractivity contribution in [3.8, 4) is 5.75 Å². The Labute approximate surface area is 118 Å². The molecule has 19 heavy (non-hydrogen) atoms. The maximum Gasteiger partial charge on any atom is 0.146 e. The molecule has 4 heteroatoms. The van der Waals surface area contributed by atoms with Crippen molar-refractivity contribution in [2.75, 3.05) is 6.54 Å². The van der Waals surface area contributed by atoms with Crippen LogP contribution in [0.5, 0.6) is 5.75 Å². The number of ether oxygens (including phenoxy) is 1. The first-order valence-corrected chi connectivity index (χ1v) is 6.81. The highest BCUT2D eigenvalue weighted by Gasteiger charge is 2.06. The summed E-state index contributed by atoms with van der Waals surface area (Å²) in [7, 11) is 0. The van der Waals surface area contributed by atoms with E-state index in [9.17, 15) is 0 Å². The van der Waals surface area contributed by atoms with Crippen LogP contribution < -0.4 is 10.1 Å². The van der Waals surface area contributed by atoms with Crippen LogP contribution in [-0.4, -0.2) is 6.54 Å². The van der Waals surface area contributed by atoms with E-state index in [4.69, 9.17) is 20.8 Å². The van der Waals surface area contributed by atoms with E-state index in [0.717, 1.165) is 36.6 Å². The fourth-order valence-electron chi connectivity index (χ4n) is 1.73. The highest BCUT2D eigenvalue weighted by Crippen LogP contribution is 2.18. The largest absolute Gasteiger partial charge is 0.486 e. The molecule has 0 radical (unpaired) electrons. The lowest BCUT2D eigenvalue weighted by Crippen LogP contribution is -2.14. The average Bonchev–Trinajstić information content (AvgIpc) is 2.86. The van der Waals surface area contributed by atoms with Crippen LogP contribution in [0.4, 0.5) is 0 Å². The molecule has 1 heterocycles. The molecule has 0 amide bonds. The van der Waals surface area contributed by atoms with Gasteiger partial charge in [0.15, 0.2) is 0 Å². The van der Waals surface area contributed by atoms with E-state index in [1.807, 2.05) is 30.3 Å². The number of furan rings is 1. The quantitative estimate of drug-likeness (QED) is 0.778. The molecule has 1 aromatic carbocycles. The molecule has 1 aromatic heterocycles. The van der Waals surface area contributed by atoms with Crippen molar-refractivity contribution < 1.29 is 9.15 Å². The van der Waals surface area contributed by atoms with Gasteiger partial charge in [-0.2, -0.15) is 0 Å². The van der Waals surface area contributed by atoms with E-state index < -0.39 is 0 Å². The molecule has 2 aromatic rings. The second kappa shape index (κ2) is 7.22. The normalized spacial score (nSPS) is 10.6. The maximum absolute atomic E-state index is 5.83. The van der Waals surface area contributed by atoms with Crippen molar-refractivity contribution in [1.82, 2.24) is 5.32 Å². The van der Waals surface area contributed by atoms with Crippen molar-refractivity contribution in [1.29, 1.82) is 0 Å². The maximum atomic E-state index is 5.83. The van der Waals surface area contributed by atoms with Gasteiger partial charge >= 0.3 is 0 Å². The van der Waals surface area contributed by atoms with Crippen molar-refractivity contribution in [2.45, 2.75) is 26.5 Å². The number of nitrogens with one attached hydrogen (secondary N) is 1. The number of rotatable bonds is 7. The van der Waals surface area contributed by atoms with E-state index in [1.54, 1.807) is 6.26 Å². The molecular formula is C15H18ClNO2. The smallest absolute Gasteiger partial charge is 0.146 e. The SMILES string of the molecule is CCCNCc1ccoc1COc1ccc(Cl)cc1. The molecule has 2 rings (SSSR count). The van der Waals surface area contributed by atoms with Crippen LogP contribution in [0.3, 0.4) is 0 Å². The van der Waals surface area contributed by atoms with E-state index in [-0.39, 0.29) is 0 Å². The highest BCUT2D eigenvalue weighted by atomic mass is 35.5. The van der Waals surface area contributed by atoms with Crippen LogP contribution in [0.25, 0.3) is 0 Å². The fourth-order valence-corrected chi connectivity index (χ4v) is 1.86. The third-order valence-corrected chi connectivity index (χ3v) is 3.02. The predicted molar refractivity (Wildman–Crippen MR) is 76.5 cm³/mol. The van der Waals surface area contributed by atoms with Gasteiger partial charge in [-0.3, -0.25) is 0 Å². The molecule has 0 saturated heterocycles. The van der Waals surface area contributed by atoms with Crippen LogP contribution in [0.15, 0.2) is 41.0 Å². The predicted octanol–water partition coefficient (Wildman–Crippen LogP) is 4.01. The Bertz CT molecular complexity index is 493. The zero-order valence-electron chi connectivity index (χ0n) is 11.0. The lowest BCUT2D eigenvalue weighted by Gasteiger charge is -2.07. The molecular weight excluding hydrogens is 262 g/mol. The molecule has 0 bridgehead atoms. The third kappa shape index (κ3) is 4.30. The van der Waals surface area contributed by atoms with E-state index in [0.29, 0.717) is 11.6 Å². The Hall–Kier alpha value is -1.45. The lowest BCUT2D eigenvalue weighted by molar-refractivity contribution is 0.268. The van der Waals surface area contributed by atoms with Gasteiger partial charge < -0.3 is 14.5 Å². The van der Waals surface area contributed by atoms with Crippen molar-refractivity contribution in [3.05, 3.63) is 52.9 Å². The van der Waals surface area contributed by atoms with Crippen LogP contribution in [0.2, 0.25) is 5.02 Å². The number of halogens is 1. The van der Waals surface area contributed by atoms with Crippen LogP contribution in [0, 0.1) is 0 Å². The molecule has 102 valence electrons. The Morgan fingerprint density at radius 2 is 2.00 bits per heavy atom. The lowest BCUT2D eigenvalue weighted by atomic mass is 10.2. The van der Waals surface area contributed by atoms with Gasteiger partial charge in [0.05, 0.1) is 6.26 Å². The minimum absolute atomic E-state index is 0.428. The summed E-state index contributed by atoms with van der Waals surface area (Å²) in [4.78, 5) is 0. The summed E-state index contributed by atoms with van der Waals surface area (Å²) in [5.74, 6) is 1.65. The number of hydrogen-bond acceptors (Lipinski definition) is 3. The summed E-state index contributed by atoms with van der Waals surface area (Å²) in [6.45, 7) is 4.39. The Morgan fingerprint density at radius 1 is 1.21 bits per heavy atom. The zero-order valence-corrected chi connectivity index (χ0v) is 11.7. The Kier molecular flexibility index (Phi) is 5.31. The Morgan fingerprint density at radius 3 is 2.74 bits per heavy atom.